The molecule has 8 heteroatoms. The third-order valence-corrected chi connectivity index (χ3v) is 4.00. The van der Waals surface area contributed by atoms with Crippen LogP contribution in [-0.2, 0) is 9.59 Å². The van der Waals surface area contributed by atoms with Crippen LogP contribution in [0.15, 0.2) is 4.34 Å². The van der Waals surface area contributed by atoms with Gasteiger partial charge in [-0.05, 0) is 6.42 Å². The molecule has 18 heavy (non-hydrogen) atoms. The van der Waals surface area contributed by atoms with Crippen LogP contribution in [0.2, 0.25) is 0 Å². The number of rotatable bonds is 8. The van der Waals surface area contributed by atoms with Crippen molar-refractivity contribution in [3.8, 4) is 0 Å². The minimum Gasteiger partial charge on any atom is -0.481 e. The molecule has 1 amide bonds. The Bertz CT molecular complexity index is 409. The van der Waals surface area contributed by atoms with Crippen LogP contribution in [0.3, 0.4) is 0 Å². The molecule has 1 aromatic heterocycles. The highest BCUT2D eigenvalue weighted by Gasteiger charge is 2.09. The normalized spacial score (nSPS) is 10.3. The second kappa shape index (κ2) is 8.04. The summed E-state index contributed by atoms with van der Waals surface area (Å²) in [6.07, 6.45) is 2.02. The molecule has 1 heterocycles. The van der Waals surface area contributed by atoms with Crippen molar-refractivity contribution in [2.75, 3.05) is 11.1 Å². The molecule has 1 rings (SSSR count). The Hall–Kier alpha value is -1.15. The molecule has 0 unspecified atom stereocenters. The average molecular weight is 289 g/mol. The van der Waals surface area contributed by atoms with Gasteiger partial charge in [0.2, 0.25) is 11.0 Å². The molecule has 0 spiro atoms. The largest absolute Gasteiger partial charge is 0.481 e. The van der Waals surface area contributed by atoms with Gasteiger partial charge in [0, 0.05) is 12.2 Å². The molecule has 6 nitrogen and oxygen atoms in total. The highest BCUT2D eigenvalue weighted by molar-refractivity contribution is 8.01. The van der Waals surface area contributed by atoms with Gasteiger partial charge >= 0.3 is 5.97 Å². The third-order valence-electron chi connectivity index (χ3n) is 1.94. The van der Waals surface area contributed by atoms with Gasteiger partial charge < -0.3 is 10.4 Å². The van der Waals surface area contributed by atoms with Gasteiger partial charge in [0.25, 0.3) is 0 Å². The Balaban J connectivity index is 2.34. The van der Waals surface area contributed by atoms with Crippen LogP contribution in [0.5, 0.6) is 0 Å². The van der Waals surface area contributed by atoms with Crippen LogP contribution < -0.4 is 5.32 Å². The maximum atomic E-state index is 11.3. The topological polar surface area (TPSA) is 92.2 Å². The molecule has 100 valence electrons. The van der Waals surface area contributed by atoms with E-state index in [2.05, 4.69) is 22.4 Å². The van der Waals surface area contributed by atoms with Crippen LogP contribution in [0, 0.1) is 0 Å². The first-order valence-electron chi connectivity index (χ1n) is 5.59. The summed E-state index contributed by atoms with van der Waals surface area (Å²) < 4.78 is 0.817. The molecule has 0 radical (unpaired) electrons. The van der Waals surface area contributed by atoms with Gasteiger partial charge in [-0.3, -0.25) is 9.59 Å². The van der Waals surface area contributed by atoms with Crippen LogP contribution >= 0.6 is 23.1 Å². The molecule has 0 aliphatic rings. The summed E-state index contributed by atoms with van der Waals surface area (Å²) in [5.41, 5.74) is 0. The molecular formula is C10H15N3O3S2. The fourth-order valence-corrected chi connectivity index (χ4v) is 2.95. The van der Waals surface area contributed by atoms with Crippen molar-refractivity contribution in [1.82, 2.24) is 10.2 Å². The van der Waals surface area contributed by atoms with E-state index in [0.29, 0.717) is 5.13 Å². The summed E-state index contributed by atoms with van der Waals surface area (Å²) in [5.74, 6) is -0.352. The summed E-state index contributed by atoms with van der Waals surface area (Å²) in [6, 6.07) is 0. The quantitative estimate of drug-likeness (QED) is 0.433. The molecule has 0 saturated carbocycles. The number of carboxylic acids is 1. The highest BCUT2D eigenvalue weighted by atomic mass is 32.2. The van der Waals surface area contributed by atoms with Crippen molar-refractivity contribution in [3.05, 3.63) is 0 Å². The molecule has 1 aromatic rings. The minimum atomic E-state index is -0.988. The maximum absolute atomic E-state index is 11.3. The molecule has 0 aliphatic heterocycles. The van der Waals surface area contributed by atoms with E-state index >= 15 is 0 Å². The second-order valence-corrected chi connectivity index (χ2v) is 5.84. The lowest BCUT2D eigenvalue weighted by molar-refractivity contribution is -0.138. The van der Waals surface area contributed by atoms with Gasteiger partial charge in [0.1, 0.15) is 0 Å². The number of carboxylic acid groups (broad SMARTS) is 1. The minimum absolute atomic E-state index is 0.0484. The molecule has 0 fully saturated rings. The number of aromatic nitrogens is 2. The molecular weight excluding hydrogens is 274 g/mol. The van der Waals surface area contributed by atoms with Crippen molar-refractivity contribution in [3.63, 3.8) is 0 Å². The predicted molar refractivity (Wildman–Crippen MR) is 71.0 cm³/mol. The molecule has 0 aromatic carbocycles. The summed E-state index contributed by atoms with van der Waals surface area (Å²) in [7, 11) is 0. The lowest BCUT2D eigenvalue weighted by atomic mass is 10.3. The van der Waals surface area contributed by atoms with E-state index in [-0.39, 0.29) is 18.7 Å². The van der Waals surface area contributed by atoms with Crippen LogP contribution in [0.25, 0.3) is 0 Å². The summed E-state index contributed by atoms with van der Waals surface area (Å²) >= 11 is 2.92. The van der Waals surface area contributed by atoms with Crippen molar-refractivity contribution >= 4 is 40.1 Å². The number of nitrogens with one attached hydrogen (secondary N) is 1. The SMILES string of the molecule is CCCCSc1nnc(NC(=O)CCC(=O)O)s1. The number of thioether (sulfide) groups is 1. The van der Waals surface area contributed by atoms with Gasteiger partial charge in [0.15, 0.2) is 4.34 Å². The third kappa shape index (κ3) is 5.97. The van der Waals surface area contributed by atoms with Crippen molar-refractivity contribution in [1.29, 1.82) is 0 Å². The molecule has 0 saturated heterocycles. The fourth-order valence-electron chi connectivity index (χ4n) is 1.02. The monoisotopic (exact) mass is 289 g/mol. The first kappa shape index (κ1) is 14.9. The number of amides is 1. The lowest BCUT2D eigenvalue weighted by Gasteiger charge is -1.97. The number of nitrogens with zero attached hydrogens (tertiary/aromatic N) is 2. The van der Waals surface area contributed by atoms with E-state index in [1.165, 1.54) is 11.3 Å². The van der Waals surface area contributed by atoms with Crippen LogP contribution in [0.4, 0.5) is 5.13 Å². The number of carbonyl (C=O) groups is 2. The van der Waals surface area contributed by atoms with Gasteiger partial charge in [-0.15, -0.1) is 10.2 Å². The fraction of sp³-hybridized carbons (Fsp3) is 0.600. The Morgan fingerprint density at radius 1 is 1.39 bits per heavy atom. The van der Waals surface area contributed by atoms with E-state index in [4.69, 9.17) is 5.11 Å². The smallest absolute Gasteiger partial charge is 0.303 e. The van der Waals surface area contributed by atoms with Gasteiger partial charge in [-0.1, -0.05) is 36.4 Å². The van der Waals surface area contributed by atoms with Crippen LogP contribution in [0.1, 0.15) is 32.6 Å². The predicted octanol–water partition coefficient (Wildman–Crippen LogP) is 2.23. The summed E-state index contributed by atoms with van der Waals surface area (Å²) in [4.78, 5) is 21.6. The maximum Gasteiger partial charge on any atom is 0.303 e. The van der Waals surface area contributed by atoms with Crippen molar-refractivity contribution in [2.45, 2.75) is 36.9 Å². The van der Waals surface area contributed by atoms with Crippen LogP contribution in [-0.4, -0.2) is 32.9 Å². The van der Waals surface area contributed by atoms with E-state index in [9.17, 15) is 9.59 Å². The highest BCUT2D eigenvalue weighted by Crippen LogP contribution is 2.26. The standard InChI is InChI=1S/C10H15N3O3S2/c1-2-3-6-17-10-13-12-9(18-10)11-7(14)4-5-8(15)16/h2-6H2,1H3,(H,15,16)(H,11,12,14). The lowest BCUT2D eigenvalue weighted by Crippen LogP contribution is -2.12. The number of unbranched alkanes of at least 4 members (excludes halogenated alkanes) is 1. The Kier molecular flexibility index (Phi) is 6.66. The number of carbonyl (C=O) groups excluding carboxylic acids is 1. The first-order valence-corrected chi connectivity index (χ1v) is 7.40. The van der Waals surface area contributed by atoms with Crippen molar-refractivity contribution in [2.24, 2.45) is 0 Å². The molecule has 0 bridgehead atoms. The Morgan fingerprint density at radius 2 is 2.17 bits per heavy atom. The van der Waals surface area contributed by atoms with Gasteiger partial charge in [0.05, 0.1) is 6.42 Å². The zero-order chi connectivity index (χ0) is 13.4. The van der Waals surface area contributed by atoms with Crippen molar-refractivity contribution < 1.29 is 14.7 Å². The van der Waals surface area contributed by atoms with E-state index in [1.54, 1.807) is 11.8 Å². The molecule has 2 N–H and O–H groups in total. The average Bonchev–Trinajstić information content (AvgIpc) is 2.74. The Morgan fingerprint density at radius 3 is 2.83 bits per heavy atom. The van der Waals surface area contributed by atoms with Gasteiger partial charge in [-0.25, -0.2) is 0 Å². The van der Waals surface area contributed by atoms with E-state index in [0.717, 1.165) is 22.9 Å². The second-order valence-electron chi connectivity index (χ2n) is 3.52. The number of hydrogen-bond donors (Lipinski definition) is 2. The van der Waals surface area contributed by atoms with E-state index in [1.807, 2.05) is 0 Å². The first-order chi connectivity index (χ1) is 8.61. The Labute approximate surface area is 113 Å². The summed E-state index contributed by atoms with van der Waals surface area (Å²) in [6.45, 7) is 2.12. The van der Waals surface area contributed by atoms with E-state index < -0.39 is 5.97 Å². The number of hydrogen-bond acceptors (Lipinski definition) is 6. The zero-order valence-electron chi connectivity index (χ0n) is 10.0. The number of anilines is 1. The molecule has 0 aliphatic carbocycles. The summed E-state index contributed by atoms with van der Waals surface area (Å²) in [5, 5.41) is 19.2. The zero-order valence-corrected chi connectivity index (χ0v) is 11.6. The van der Waals surface area contributed by atoms with Gasteiger partial charge in [-0.2, -0.15) is 0 Å². The molecule has 0 atom stereocenters. The number of aliphatic carboxylic acids is 1.